The number of ether oxygens (including phenoxy) is 3. The summed E-state index contributed by atoms with van der Waals surface area (Å²) in [6.45, 7) is 5.74. The number of nitrogens with one attached hydrogen (secondary N) is 1. The average Bonchev–Trinajstić information content (AvgIpc) is 3.17. The first-order valence-corrected chi connectivity index (χ1v) is 10.6. The van der Waals surface area contributed by atoms with Crippen molar-refractivity contribution in [2.24, 2.45) is 0 Å². The molecule has 0 aliphatic rings. The first kappa shape index (κ1) is 22.8. The normalized spacial score (nSPS) is 10.6. The molecule has 2 heterocycles. The molecule has 4 aromatic rings. The van der Waals surface area contributed by atoms with Crippen molar-refractivity contribution in [3.63, 3.8) is 0 Å². The maximum atomic E-state index is 12.6. The molecule has 34 heavy (non-hydrogen) atoms. The molecule has 0 aliphatic carbocycles. The molecule has 4 rings (SSSR count). The van der Waals surface area contributed by atoms with E-state index in [-0.39, 0.29) is 5.91 Å². The highest BCUT2D eigenvalue weighted by Gasteiger charge is 2.12. The zero-order chi connectivity index (χ0) is 24.2. The van der Waals surface area contributed by atoms with Crippen LogP contribution in [0.15, 0.2) is 54.9 Å². The van der Waals surface area contributed by atoms with Crippen LogP contribution in [0.5, 0.6) is 23.1 Å². The molecular weight excluding hydrogens is 434 g/mol. The number of amides is 1. The Labute approximate surface area is 197 Å². The molecule has 1 amide bonds. The third-order valence-electron chi connectivity index (χ3n) is 5.28. The SMILES string of the molecule is COc1ccc(C(=O)Nc2ccc(Oc3cc(-n4cnc(C)c4C)nc(C)n3)cc2)cc1OC. The number of carbonyl (C=O) groups excluding carboxylic acids is 1. The summed E-state index contributed by atoms with van der Waals surface area (Å²) in [6.07, 6.45) is 1.73. The molecule has 9 heteroatoms. The maximum absolute atomic E-state index is 12.6. The Kier molecular flexibility index (Phi) is 6.44. The van der Waals surface area contributed by atoms with Crippen LogP contribution in [0.4, 0.5) is 5.69 Å². The molecule has 2 aromatic carbocycles. The van der Waals surface area contributed by atoms with Gasteiger partial charge in [-0.25, -0.2) is 9.97 Å². The van der Waals surface area contributed by atoms with Crippen LogP contribution in [0.1, 0.15) is 27.6 Å². The molecule has 0 atom stereocenters. The van der Waals surface area contributed by atoms with Crippen molar-refractivity contribution in [2.75, 3.05) is 19.5 Å². The average molecular weight is 460 g/mol. The topological polar surface area (TPSA) is 100 Å². The first-order valence-electron chi connectivity index (χ1n) is 10.6. The zero-order valence-corrected chi connectivity index (χ0v) is 19.6. The van der Waals surface area contributed by atoms with Crippen LogP contribution in [0.3, 0.4) is 0 Å². The van der Waals surface area contributed by atoms with E-state index in [2.05, 4.69) is 20.3 Å². The third-order valence-corrected chi connectivity index (χ3v) is 5.28. The van der Waals surface area contributed by atoms with E-state index in [1.807, 2.05) is 25.3 Å². The lowest BCUT2D eigenvalue weighted by molar-refractivity contribution is 0.102. The second kappa shape index (κ2) is 9.62. The molecule has 0 spiro atoms. The van der Waals surface area contributed by atoms with Gasteiger partial charge in [0.2, 0.25) is 5.88 Å². The number of anilines is 1. The number of rotatable bonds is 7. The highest BCUT2D eigenvalue weighted by Crippen LogP contribution is 2.28. The van der Waals surface area contributed by atoms with Crippen LogP contribution in [-0.2, 0) is 0 Å². The van der Waals surface area contributed by atoms with E-state index in [4.69, 9.17) is 14.2 Å². The van der Waals surface area contributed by atoms with E-state index < -0.39 is 0 Å². The number of benzene rings is 2. The summed E-state index contributed by atoms with van der Waals surface area (Å²) in [5, 5.41) is 2.86. The van der Waals surface area contributed by atoms with Crippen molar-refractivity contribution < 1.29 is 19.0 Å². The molecule has 0 saturated carbocycles. The standard InChI is InChI=1S/C25H25N5O4/c1-15-16(2)30(14-26-15)23-13-24(28-17(3)27-23)34-20-9-7-19(8-10-20)29-25(31)18-6-11-21(32-4)22(12-18)33-5/h6-14H,1-5H3,(H,29,31). The van der Waals surface area contributed by atoms with Gasteiger partial charge in [0.15, 0.2) is 11.5 Å². The predicted molar refractivity (Wildman–Crippen MR) is 127 cm³/mol. The Hall–Kier alpha value is -4.40. The molecule has 0 unspecified atom stereocenters. The van der Waals surface area contributed by atoms with Crippen molar-refractivity contribution in [2.45, 2.75) is 20.8 Å². The second-order valence-corrected chi connectivity index (χ2v) is 7.55. The van der Waals surface area contributed by atoms with Crippen LogP contribution < -0.4 is 19.5 Å². The fourth-order valence-corrected chi connectivity index (χ4v) is 3.34. The van der Waals surface area contributed by atoms with Gasteiger partial charge in [0.05, 0.1) is 19.9 Å². The maximum Gasteiger partial charge on any atom is 0.255 e. The minimum Gasteiger partial charge on any atom is -0.493 e. The minimum absolute atomic E-state index is 0.267. The molecule has 2 aromatic heterocycles. The summed E-state index contributed by atoms with van der Waals surface area (Å²) in [6, 6.07) is 13.8. The quantitative estimate of drug-likeness (QED) is 0.429. The molecule has 174 valence electrons. The smallest absolute Gasteiger partial charge is 0.255 e. The van der Waals surface area contributed by atoms with Crippen molar-refractivity contribution >= 4 is 11.6 Å². The number of hydrogen-bond donors (Lipinski definition) is 1. The highest BCUT2D eigenvalue weighted by molar-refractivity contribution is 6.04. The van der Waals surface area contributed by atoms with Crippen LogP contribution in [0.25, 0.3) is 5.82 Å². The number of aromatic nitrogens is 4. The number of aryl methyl sites for hydroxylation is 2. The fraction of sp³-hybridized carbons (Fsp3) is 0.200. The van der Waals surface area contributed by atoms with Crippen molar-refractivity contribution in [1.82, 2.24) is 19.5 Å². The summed E-state index contributed by atoms with van der Waals surface area (Å²) in [7, 11) is 3.07. The Balaban J connectivity index is 1.47. The van der Waals surface area contributed by atoms with E-state index in [0.717, 1.165) is 11.4 Å². The van der Waals surface area contributed by atoms with E-state index in [1.54, 1.807) is 62.0 Å². The lowest BCUT2D eigenvalue weighted by Crippen LogP contribution is -2.12. The number of hydrogen-bond acceptors (Lipinski definition) is 7. The van der Waals surface area contributed by atoms with E-state index in [9.17, 15) is 4.79 Å². The molecule has 0 radical (unpaired) electrons. The largest absolute Gasteiger partial charge is 0.493 e. The van der Waals surface area contributed by atoms with Gasteiger partial charge in [-0.05, 0) is 63.2 Å². The van der Waals surface area contributed by atoms with E-state index >= 15 is 0 Å². The number of methoxy groups -OCH3 is 2. The molecule has 0 bridgehead atoms. The van der Waals surface area contributed by atoms with Gasteiger partial charge in [-0.3, -0.25) is 9.36 Å². The van der Waals surface area contributed by atoms with Crippen LogP contribution in [-0.4, -0.2) is 39.6 Å². The zero-order valence-electron chi connectivity index (χ0n) is 19.6. The van der Waals surface area contributed by atoms with Gasteiger partial charge in [0, 0.05) is 23.0 Å². The Morgan fingerprint density at radius 1 is 0.912 bits per heavy atom. The molecule has 1 N–H and O–H groups in total. The number of carbonyl (C=O) groups is 1. The second-order valence-electron chi connectivity index (χ2n) is 7.55. The van der Waals surface area contributed by atoms with Gasteiger partial charge < -0.3 is 19.5 Å². The molecule has 9 nitrogen and oxygen atoms in total. The summed E-state index contributed by atoms with van der Waals surface area (Å²) in [5.41, 5.74) is 3.01. The van der Waals surface area contributed by atoms with Gasteiger partial charge in [0.1, 0.15) is 23.7 Å². The lowest BCUT2D eigenvalue weighted by atomic mass is 10.2. The summed E-state index contributed by atoms with van der Waals surface area (Å²) >= 11 is 0. The monoisotopic (exact) mass is 459 g/mol. The third kappa shape index (κ3) is 4.83. The Morgan fingerprint density at radius 2 is 1.65 bits per heavy atom. The van der Waals surface area contributed by atoms with Crippen LogP contribution in [0.2, 0.25) is 0 Å². The minimum atomic E-state index is -0.267. The van der Waals surface area contributed by atoms with Gasteiger partial charge >= 0.3 is 0 Å². The van der Waals surface area contributed by atoms with E-state index in [0.29, 0.717) is 46.0 Å². The highest BCUT2D eigenvalue weighted by atomic mass is 16.5. The number of nitrogens with zero attached hydrogens (tertiary/aromatic N) is 4. The summed E-state index contributed by atoms with van der Waals surface area (Å²) < 4.78 is 18.3. The summed E-state index contributed by atoms with van der Waals surface area (Å²) in [4.78, 5) is 25.8. The van der Waals surface area contributed by atoms with E-state index in [1.165, 1.54) is 7.11 Å². The molecular formula is C25H25N5O4. The van der Waals surface area contributed by atoms with Crippen molar-refractivity contribution in [1.29, 1.82) is 0 Å². The van der Waals surface area contributed by atoms with Gasteiger partial charge in [-0.2, -0.15) is 4.98 Å². The fourth-order valence-electron chi connectivity index (χ4n) is 3.34. The number of imidazole rings is 1. The molecule has 0 aliphatic heterocycles. The van der Waals surface area contributed by atoms with Crippen LogP contribution >= 0.6 is 0 Å². The predicted octanol–water partition coefficient (Wildman–Crippen LogP) is 4.65. The lowest BCUT2D eigenvalue weighted by Gasteiger charge is -2.11. The Morgan fingerprint density at radius 3 is 2.29 bits per heavy atom. The van der Waals surface area contributed by atoms with Crippen LogP contribution in [0, 0.1) is 20.8 Å². The Bertz CT molecular complexity index is 1330. The van der Waals surface area contributed by atoms with Gasteiger partial charge in [-0.15, -0.1) is 0 Å². The summed E-state index contributed by atoms with van der Waals surface area (Å²) in [5.74, 6) is 3.02. The van der Waals surface area contributed by atoms with Gasteiger partial charge in [0.25, 0.3) is 5.91 Å². The van der Waals surface area contributed by atoms with Crippen molar-refractivity contribution in [3.8, 4) is 28.9 Å². The molecule has 0 saturated heterocycles. The molecule has 0 fully saturated rings. The van der Waals surface area contributed by atoms with Crippen molar-refractivity contribution in [3.05, 3.63) is 77.6 Å². The first-order chi connectivity index (χ1) is 16.4. The van der Waals surface area contributed by atoms with Gasteiger partial charge in [-0.1, -0.05) is 0 Å².